The fraction of sp³-hybridized carbons (Fsp3) is 0.312. The number of rotatable bonds is 6. The predicted octanol–water partition coefficient (Wildman–Crippen LogP) is 0.848. The van der Waals surface area contributed by atoms with E-state index < -0.39 is 15.6 Å². The largest absolute Gasteiger partial charge is 0.354 e. The third kappa shape index (κ3) is 4.09. The Morgan fingerprint density at radius 2 is 1.92 bits per heavy atom. The highest BCUT2D eigenvalue weighted by molar-refractivity contribution is 7.88. The van der Waals surface area contributed by atoms with Crippen LogP contribution in [0.25, 0.3) is 16.7 Å². The van der Waals surface area contributed by atoms with Crippen LogP contribution in [0.4, 0.5) is 5.95 Å². The van der Waals surface area contributed by atoms with E-state index in [1.165, 1.54) is 6.20 Å². The van der Waals surface area contributed by atoms with Gasteiger partial charge in [-0.3, -0.25) is 9.78 Å². The van der Waals surface area contributed by atoms with Crippen LogP contribution in [0.2, 0.25) is 0 Å². The molecule has 0 unspecified atom stereocenters. The second-order valence-corrected chi connectivity index (χ2v) is 8.40. The number of nitrogens with zero attached hydrogens (tertiary/aromatic N) is 3. The van der Waals surface area contributed by atoms with Crippen molar-refractivity contribution >= 4 is 27.0 Å². The smallest absolute Gasteiger partial charge is 0.263 e. The third-order valence-electron chi connectivity index (χ3n) is 3.60. The molecule has 1 aromatic carbocycles. The molecular weight excluding hydrogens is 356 g/mol. The minimum absolute atomic E-state index is 0.230. The summed E-state index contributed by atoms with van der Waals surface area (Å²) in [5, 5.41) is 7.58. The number of hydrogen-bond donors (Lipinski definition) is 3. The predicted molar refractivity (Wildman–Crippen MR) is 100 cm³/mol. The van der Waals surface area contributed by atoms with Gasteiger partial charge in [-0.2, -0.15) is 10.1 Å². The fourth-order valence-electron chi connectivity index (χ4n) is 2.60. The molecule has 3 aromatic rings. The van der Waals surface area contributed by atoms with Gasteiger partial charge in [0.05, 0.1) is 18.1 Å². The molecule has 0 bridgehead atoms. The maximum atomic E-state index is 12.3. The first-order valence-corrected chi connectivity index (χ1v) is 9.80. The summed E-state index contributed by atoms with van der Waals surface area (Å²) in [6.07, 6.45) is 2.56. The molecule has 3 N–H and O–H groups in total. The van der Waals surface area contributed by atoms with Crippen molar-refractivity contribution in [3.8, 4) is 5.69 Å². The van der Waals surface area contributed by atoms with E-state index in [1.807, 2.05) is 30.3 Å². The van der Waals surface area contributed by atoms with E-state index in [-0.39, 0.29) is 18.1 Å². The van der Waals surface area contributed by atoms with E-state index in [9.17, 15) is 13.2 Å². The first-order chi connectivity index (χ1) is 12.1. The molecule has 0 fully saturated rings. The van der Waals surface area contributed by atoms with Crippen molar-refractivity contribution in [3.05, 3.63) is 46.9 Å². The van der Waals surface area contributed by atoms with Crippen LogP contribution in [0.3, 0.4) is 0 Å². The monoisotopic (exact) mass is 376 g/mol. The highest BCUT2D eigenvalue weighted by atomic mass is 32.2. The molecule has 0 radical (unpaired) electrons. The van der Waals surface area contributed by atoms with E-state index in [0.29, 0.717) is 11.0 Å². The topological polar surface area (TPSA) is 122 Å². The van der Waals surface area contributed by atoms with Crippen molar-refractivity contribution in [3.63, 3.8) is 0 Å². The lowest BCUT2D eigenvalue weighted by atomic mass is 10.1. The summed E-state index contributed by atoms with van der Waals surface area (Å²) in [6, 6.07) is 9.35. The van der Waals surface area contributed by atoms with Gasteiger partial charge in [0.15, 0.2) is 5.65 Å². The number of sulfonamides is 1. The van der Waals surface area contributed by atoms with Crippen LogP contribution < -0.4 is 15.6 Å². The quantitative estimate of drug-likeness (QED) is 0.586. The Morgan fingerprint density at radius 1 is 1.23 bits per heavy atom. The van der Waals surface area contributed by atoms with E-state index in [1.54, 1.807) is 18.5 Å². The molecule has 0 aliphatic heterocycles. The maximum absolute atomic E-state index is 12.3. The van der Waals surface area contributed by atoms with E-state index in [4.69, 9.17) is 0 Å². The van der Waals surface area contributed by atoms with Gasteiger partial charge < -0.3 is 5.32 Å². The summed E-state index contributed by atoms with van der Waals surface area (Å²) in [4.78, 5) is 19.4. The molecular formula is C16H20N6O3S. The van der Waals surface area contributed by atoms with Gasteiger partial charge in [-0.25, -0.2) is 17.8 Å². The number of aromatic amines is 1. The summed E-state index contributed by atoms with van der Waals surface area (Å²) in [6.45, 7) is 3.69. The van der Waals surface area contributed by atoms with E-state index in [2.05, 4.69) is 25.1 Å². The van der Waals surface area contributed by atoms with E-state index in [0.717, 1.165) is 11.9 Å². The van der Waals surface area contributed by atoms with Gasteiger partial charge in [0.25, 0.3) is 5.56 Å². The number of H-pyrrole nitrogens is 1. The van der Waals surface area contributed by atoms with Crippen molar-refractivity contribution in [2.45, 2.75) is 19.4 Å². The van der Waals surface area contributed by atoms with Crippen LogP contribution in [0.1, 0.15) is 13.8 Å². The Hall–Kier alpha value is -2.72. The number of anilines is 1. The molecule has 10 heteroatoms. The number of benzene rings is 1. The second-order valence-electron chi connectivity index (χ2n) is 6.66. The zero-order valence-corrected chi connectivity index (χ0v) is 15.5. The molecule has 0 aliphatic rings. The van der Waals surface area contributed by atoms with Crippen molar-refractivity contribution in [2.24, 2.45) is 0 Å². The Kier molecular flexibility index (Phi) is 4.55. The second kappa shape index (κ2) is 6.54. The van der Waals surface area contributed by atoms with Crippen molar-refractivity contribution < 1.29 is 8.42 Å². The number of para-hydroxylation sites is 1. The van der Waals surface area contributed by atoms with Crippen LogP contribution in [0, 0.1) is 0 Å². The lowest BCUT2D eigenvalue weighted by Gasteiger charge is -2.25. The van der Waals surface area contributed by atoms with Gasteiger partial charge in [-0.1, -0.05) is 18.2 Å². The average Bonchev–Trinajstić information content (AvgIpc) is 2.96. The average molecular weight is 376 g/mol. The number of aromatic nitrogens is 4. The first kappa shape index (κ1) is 18.1. The van der Waals surface area contributed by atoms with Gasteiger partial charge in [0, 0.05) is 12.1 Å². The molecule has 2 aromatic heterocycles. The van der Waals surface area contributed by atoms with Gasteiger partial charge >= 0.3 is 0 Å². The molecule has 0 spiro atoms. The van der Waals surface area contributed by atoms with Crippen molar-refractivity contribution in [1.82, 2.24) is 24.5 Å². The lowest BCUT2D eigenvalue weighted by molar-refractivity contribution is 0.475. The summed E-state index contributed by atoms with van der Waals surface area (Å²) >= 11 is 0. The number of fused-ring (bicyclic) bond motifs is 1. The Balaban J connectivity index is 1.92. The van der Waals surface area contributed by atoms with Gasteiger partial charge in [0.1, 0.15) is 5.39 Å². The summed E-state index contributed by atoms with van der Waals surface area (Å²) in [7, 11) is -3.36. The standard InChI is InChI=1S/C16H20N6O3S/c1-16(2,21-26(3,24)25)10-17-15-19-13-12(14(23)20-15)9-18-22(13)11-7-5-4-6-8-11/h4-9,21H,10H2,1-3H3,(H2,17,19,20,23). The van der Waals surface area contributed by atoms with Crippen molar-refractivity contribution in [2.75, 3.05) is 18.1 Å². The number of hydrogen-bond acceptors (Lipinski definition) is 6. The van der Waals surface area contributed by atoms with E-state index >= 15 is 0 Å². The minimum Gasteiger partial charge on any atom is -0.354 e. The zero-order chi connectivity index (χ0) is 18.9. The molecule has 138 valence electrons. The molecule has 3 rings (SSSR count). The van der Waals surface area contributed by atoms with Crippen LogP contribution in [-0.2, 0) is 10.0 Å². The highest BCUT2D eigenvalue weighted by Gasteiger charge is 2.22. The third-order valence-corrected chi connectivity index (χ3v) is 4.52. The number of nitrogens with one attached hydrogen (secondary N) is 3. The summed E-state index contributed by atoms with van der Waals surface area (Å²) in [5.41, 5.74) is 0.108. The summed E-state index contributed by atoms with van der Waals surface area (Å²) < 4.78 is 27.0. The van der Waals surface area contributed by atoms with Gasteiger partial charge in [-0.15, -0.1) is 0 Å². The van der Waals surface area contributed by atoms with Gasteiger partial charge in [0.2, 0.25) is 16.0 Å². The molecule has 0 aliphatic carbocycles. The van der Waals surface area contributed by atoms with Crippen molar-refractivity contribution in [1.29, 1.82) is 0 Å². The Bertz CT molecular complexity index is 1090. The fourth-order valence-corrected chi connectivity index (χ4v) is 3.68. The van der Waals surface area contributed by atoms with Crippen LogP contribution in [0.5, 0.6) is 0 Å². The molecule has 9 nitrogen and oxygen atoms in total. The lowest BCUT2D eigenvalue weighted by Crippen LogP contribution is -2.48. The molecule has 0 saturated heterocycles. The zero-order valence-electron chi connectivity index (χ0n) is 14.6. The molecule has 0 amide bonds. The Morgan fingerprint density at radius 3 is 2.58 bits per heavy atom. The van der Waals surface area contributed by atoms with Crippen LogP contribution >= 0.6 is 0 Å². The Labute approximate surface area is 150 Å². The molecule has 26 heavy (non-hydrogen) atoms. The SMILES string of the molecule is CC(C)(CNc1nc2c(cnn2-c2ccccc2)c(=O)[nH]1)NS(C)(=O)=O. The minimum atomic E-state index is -3.36. The van der Waals surface area contributed by atoms with Gasteiger partial charge in [-0.05, 0) is 26.0 Å². The normalized spacial score (nSPS) is 12.4. The van der Waals surface area contributed by atoms with Crippen LogP contribution in [-0.4, -0.2) is 46.5 Å². The molecule has 2 heterocycles. The first-order valence-electron chi connectivity index (χ1n) is 7.91. The maximum Gasteiger partial charge on any atom is 0.263 e. The molecule has 0 atom stereocenters. The molecule has 0 saturated carbocycles. The summed E-state index contributed by atoms with van der Waals surface area (Å²) in [5.74, 6) is 0.239. The van der Waals surface area contributed by atoms with Crippen LogP contribution in [0.15, 0.2) is 41.3 Å². The highest BCUT2D eigenvalue weighted by Crippen LogP contribution is 2.15.